The Morgan fingerprint density at radius 2 is 2.00 bits per heavy atom. The summed E-state index contributed by atoms with van der Waals surface area (Å²) >= 11 is 0. The van der Waals surface area contributed by atoms with Gasteiger partial charge in [0, 0.05) is 13.1 Å². The molecule has 0 bridgehead atoms. The van der Waals surface area contributed by atoms with Crippen LogP contribution in [-0.4, -0.2) is 65.3 Å². The lowest BCUT2D eigenvalue weighted by molar-refractivity contribution is -0.139. The van der Waals surface area contributed by atoms with E-state index in [0.29, 0.717) is 19.5 Å². The van der Waals surface area contributed by atoms with Gasteiger partial charge in [-0.25, -0.2) is 4.79 Å². The molecule has 0 aromatic carbocycles. The Hall–Kier alpha value is -2.12. The fourth-order valence-electron chi connectivity index (χ4n) is 2.22. The molecule has 0 unspecified atom stereocenters. The topological polar surface area (TPSA) is 98.8 Å². The van der Waals surface area contributed by atoms with E-state index in [1.165, 1.54) is 4.90 Å². The van der Waals surface area contributed by atoms with Gasteiger partial charge in [0.05, 0.1) is 6.54 Å². The molecule has 2 N–H and O–H groups in total. The van der Waals surface area contributed by atoms with Gasteiger partial charge >= 0.3 is 6.03 Å². The average Bonchev–Trinajstić information content (AvgIpc) is 2.55. The predicted octanol–water partition coefficient (Wildman–Crippen LogP) is -1.33. The molecule has 0 spiro atoms. The normalized spacial score (nSPS) is 22.4. The highest BCUT2D eigenvalue weighted by Crippen LogP contribution is 2.16. The minimum atomic E-state index is -0.993. The quantitative estimate of drug-likeness (QED) is 0.613. The van der Waals surface area contributed by atoms with E-state index in [4.69, 9.17) is 0 Å². The molecule has 2 aliphatic heterocycles. The van der Waals surface area contributed by atoms with Crippen molar-refractivity contribution in [3.05, 3.63) is 0 Å². The van der Waals surface area contributed by atoms with Crippen molar-refractivity contribution in [1.29, 1.82) is 0 Å². The third-order valence-corrected chi connectivity index (χ3v) is 3.35. The SMILES string of the molecule is CC1(C)NC(=O)N(CC(=O)N2CCCNC(=O)C2)C1=O. The molecule has 5 amide bonds. The summed E-state index contributed by atoms with van der Waals surface area (Å²) in [6.45, 7) is 3.75. The lowest BCUT2D eigenvalue weighted by Crippen LogP contribution is -2.46. The van der Waals surface area contributed by atoms with Crippen molar-refractivity contribution in [2.75, 3.05) is 26.2 Å². The van der Waals surface area contributed by atoms with Crippen LogP contribution in [0.5, 0.6) is 0 Å². The van der Waals surface area contributed by atoms with Crippen LogP contribution in [0.2, 0.25) is 0 Å². The summed E-state index contributed by atoms with van der Waals surface area (Å²) in [6, 6.07) is -0.576. The van der Waals surface area contributed by atoms with Gasteiger partial charge in [0.2, 0.25) is 11.8 Å². The minimum Gasteiger partial charge on any atom is -0.354 e. The number of hydrogen-bond donors (Lipinski definition) is 2. The number of nitrogens with zero attached hydrogens (tertiary/aromatic N) is 2. The first-order valence-electron chi connectivity index (χ1n) is 6.50. The third-order valence-electron chi connectivity index (χ3n) is 3.35. The molecule has 2 saturated heterocycles. The number of urea groups is 1. The molecule has 0 aliphatic carbocycles. The smallest absolute Gasteiger partial charge is 0.325 e. The van der Waals surface area contributed by atoms with E-state index in [1.807, 2.05) is 0 Å². The average molecular weight is 282 g/mol. The van der Waals surface area contributed by atoms with E-state index in [-0.39, 0.29) is 19.0 Å². The van der Waals surface area contributed by atoms with Crippen molar-refractivity contribution in [2.45, 2.75) is 25.8 Å². The largest absolute Gasteiger partial charge is 0.354 e. The second-order valence-corrected chi connectivity index (χ2v) is 5.47. The van der Waals surface area contributed by atoms with Gasteiger partial charge in [-0.1, -0.05) is 0 Å². The zero-order valence-corrected chi connectivity index (χ0v) is 11.6. The molecule has 8 heteroatoms. The summed E-state index contributed by atoms with van der Waals surface area (Å²) in [7, 11) is 0. The van der Waals surface area contributed by atoms with Crippen molar-refractivity contribution in [2.24, 2.45) is 0 Å². The maximum Gasteiger partial charge on any atom is 0.325 e. The standard InChI is InChI=1S/C12H18N4O4/c1-12(2)10(19)16(11(20)14-12)7-9(18)15-5-3-4-13-8(17)6-15/h3-7H2,1-2H3,(H,13,17)(H,14,20). The highest BCUT2D eigenvalue weighted by molar-refractivity contribution is 6.08. The third kappa shape index (κ3) is 2.73. The Morgan fingerprint density at radius 1 is 1.30 bits per heavy atom. The van der Waals surface area contributed by atoms with Gasteiger partial charge < -0.3 is 15.5 Å². The van der Waals surface area contributed by atoms with E-state index in [9.17, 15) is 19.2 Å². The number of amides is 5. The first kappa shape index (κ1) is 14.3. The molecule has 2 heterocycles. The van der Waals surface area contributed by atoms with Crippen molar-refractivity contribution >= 4 is 23.8 Å². The Bertz CT molecular complexity index is 474. The van der Waals surface area contributed by atoms with E-state index in [2.05, 4.69) is 10.6 Å². The van der Waals surface area contributed by atoms with Crippen molar-refractivity contribution in [3.8, 4) is 0 Å². The Labute approximate surface area is 116 Å². The number of carbonyl (C=O) groups excluding carboxylic acids is 4. The van der Waals surface area contributed by atoms with Crippen LogP contribution >= 0.6 is 0 Å². The van der Waals surface area contributed by atoms with Crippen LogP contribution in [-0.2, 0) is 14.4 Å². The minimum absolute atomic E-state index is 0.0358. The van der Waals surface area contributed by atoms with Gasteiger partial charge in [0.1, 0.15) is 12.1 Å². The van der Waals surface area contributed by atoms with E-state index >= 15 is 0 Å². The summed E-state index contributed by atoms with van der Waals surface area (Å²) < 4.78 is 0. The summed E-state index contributed by atoms with van der Waals surface area (Å²) in [5, 5.41) is 5.17. The second-order valence-electron chi connectivity index (χ2n) is 5.47. The first-order valence-corrected chi connectivity index (χ1v) is 6.50. The molecular formula is C12H18N4O4. The van der Waals surface area contributed by atoms with Crippen LogP contribution in [0, 0.1) is 0 Å². The number of rotatable bonds is 2. The van der Waals surface area contributed by atoms with Crippen molar-refractivity contribution < 1.29 is 19.2 Å². The molecule has 2 rings (SSSR count). The van der Waals surface area contributed by atoms with Crippen LogP contribution < -0.4 is 10.6 Å². The fourth-order valence-corrected chi connectivity index (χ4v) is 2.22. The van der Waals surface area contributed by atoms with Crippen LogP contribution in [0.4, 0.5) is 4.79 Å². The lowest BCUT2D eigenvalue weighted by Gasteiger charge is -2.22. The van der Waals surface area contributed by atoms with Gasteiger partial charge in [-0.15, -0.1) is 0 Å². The molecule has 2 fully saturated rings. The molecule has 20 heavy (non-hydrogen) atoms. The summed E-state index contributed by atoms with van der Waals surface area (Å²) in [5.41, 5.74) is -0.993. The molecule has 0 aromatic rings. The van der Waals surface area contributed by atoms with Crippen molar-refractivity contribution in [3.63, 3.8) is 0 Å². The summed E-state index contributed by atoms with van der Waals surface area (Å²) in [6.07, 6.45) is 0.656. The molecule has 110 valence electrons. The zero-order valence-electron chi connectivity index (χ0n) is 11.6. The van der Waals surface area contributed by atoms with Gasteiger partial charge in [0.25, 0.3) is 5.91 Å². The van der Waals surface area contributed by atoms with Crippen LogP contribution in [0.1, 0.15) is 20.3 Å². The first-order chi connectivity index (χ1) is 9.31. The molecule has 2 aliphatic rings. The number of imide groups is 1. The van der Waals surface area contributed by atoms with E-state index < -0.39 is 23.4 Å². The Morgan fingerprint density at radius 3 is 2.60 bits per heavy atom. The fraction of sp³-hybridized carbons (Fsp3) is 0.667. The van der Waals surface area contributed by atoms with Crippen LogP contribution in [0.15, 0.2) is 0 Å². The number of hydrogen-bond acceptors (Lipinski definition) is 4. The number of nitrogens with one attached hydrogen (secondary N) is 2. The highest BCUT2D eigenvalue weighted by Gasteiger charge is 2.45. The molecular weight excluding hydrogens is 264 g/mol. The van der Waals surface area contributed by atoms with Crippen molar-refractivity contribution in [1.82, 2.24) is 20.4 Å². The van der Waals surface area contributed by atoms with Crippen LogP contribution in [0.25, 0.3) is 0 Å². The molecule has 0 saturated carbocycles. The monoisotopic (exact) mass is 282 g/mol. The highest BCUT2D eigenvalue weighted by atomic mass is 16.2. The van der Waals surface area contributed by atoms with Crippen LogP contribution in [0.3, 0.4) is 0 Å². The summed E-state index contributed by atoms with van der Waals surface area (Å²) in [4.78, 5) is 49.5. The maximum atomic E-state index is 12.1. The summed E-state index contributed by atoms with van der Waals surface area (Å²) in [5.74, 6) is -1.06. The maximum absolute atomic E-state index is 12.1. The molecule has 0 radical (unpaired) electrons. The lowest BCUT2D eigenvalue weighted by atomic mass is 10.1. The Balaban J connectivity index is 2.02. The Kier molecular flexibility index (Phi) is 3.65. The second kappa shape index (κ2) is 5.10. The van der Waals surface area contributed by atoms with E-state index in [1.54, 1.807) is 13.8 Å². The predicted molar refractivity (Wildman–Crippen MR) is 68.5 cm³/mol. The number of carbonyl (C=O) groups is 4. The van der Waals surface area contributed by atoms with Gasteiger partial charge in [-0.3, -0.25) is 19.3 Å². The van der Waals surface area contributed by atoms with Gasteiger partial charge in [-0.05, 0) is 20.3 Å². The molecule has 0 aromatic heterocycles. The van der Waals surface area contributed by atoms with Gasteiger partial charge in [0.15, 0.2) is 0 Å². The van der Waals surface area contributed by atoms with Gasteiger partial charge in [-0.2, -0.15) is 0 Å². The molecule has 0 atom stereocenters. The zero-order chi connectivity index (χ0) is 14.9. The molecule has 8 nitrogen and oxygen atoms in total. The van der Waals surface area contributed by atoms with E-state index in [0.717, 1.165) is 4.90 Å².